The van der Waals surface area contributed by atoms with E-state index in [-0.39, 0.29) is 0 Å². The molecule has 0 spiro atoms. The zero-order valence-corrected chi connectivity index (χ0v) is 16.9. The lowest BCUT2D eigenvalue weighted by atomic mass is 10.2. The Hall–Kier alpha value is -2.53. The van der Waals surface area contributed by atoms with Gasteiger partial charge in [-0.15, -0.1) is 12.3 Å². The average molecular weight is 429 g/mol. The zero-order valence-electron chi connectivity index (χ0n) is 14.6. The van der Waals surface area contributed by atoms with Crippen molar-refractivity contribution in [1.82, 2.24) is 24.5 Å². The molecule has 2 N–H and O–H groups in total. The monoisotopic (exact) mass is 428 g/mol. The van der Waals surface area contributed by atoms with Crippen LogP contribution in [0.3, 0.4) is 0 Å². The van der Waals surface area contributed by atoms with Gasteiger partial charge in [-0.2, -0.15) is 0 Å². The van der Waals surface area contributed by atoms with Gasteiger partial charge in [-0.3, -0.25) is 4.98 Å². The molecule has 0 aliphatic carbocycles. The number of hydrogen-bond donors (Lipinski definition) is 1. The molecule has 0 aliphatic heterocycles. The molecule has 28 heavy (non-hydrogen) atoms. The second-order valence-corrected chi connectivity index (χ2v) is 7.83. The second-order valence-electron chi connectivity index (χ2n) is 5.98. The fourth-order valence-electron chi connectivity index (χ4n) is 2.89. The number of halogens is 2. The number of nitrogens with two attached hydrogens (primary N) is 1. The number of anilines is 1. The molecule has 0 radical (unpaired) electrons. The number of nitrogens with zero attached hydrogens (tertiary/aromatic N) is 5. The number of nitrogen functional groups attached to an aromatic ring is 1. The molecule has 0 atom stereocenters. The van der Waals surface area contributed by atoms with Crippen LogP contribution in [0.2, 0.25) is 10.0 Å². The summed E-state index contributed by atoms with van der Waals surface area (Å²) in [6.45, 7) is 0.659. The Morgan fingerprint density at radius 3 is 2.86 bits per heavy atom. The third-order valence-corrected chi connectivity index (χ3v) is 5.72. The summed E-state index contributed by atoms with van der Waals surface area (Å²) < 4.78 is 1.99. The van der Waals surface area contributed by atoms with Crippen LogP contribution in [0.15, 0.2) is 40.8 Å². The summed E-state index contributed by atoms with van der Waals surface area (Å²) in [5.74, 6) is 2.99. The van der Waals surface area contributed by atoms with Gasteiger partial charge in [0.2, 0.25) is 0 Å². The van der Waals surface area contributed by atoms with Crippen molar-refractivity contribution in [3.8, 4) is 12.3 Å². The Morgan fingerprint density at radius 1 is 1.18 bits per heavy atom. The van der Waals surface area contributed by atoms with E-state index in [1.54, 1.807) is 18.3 Å². The molecule has 0 unspecified atom stereocenters. The summed E-state index contributed by atoms with van der Waals surface area (Å²) >= 11 is 14.1. The third kappa shape index (κ3) is 3.47. The number of terminal acetylenes is 1. The van der Waals surface area contributed by atoms with E-state index in [1.165, 1.54) is 18.1 Å². The van der Waals surface area contributed by atoms with Crippen LogP contribution in [0.1, 0.15) is 12.8 Å². The minimum absolute atomic E-state index is 0.333. The molecule has 0 bridgehead atoms. The maximum atomic E-state index is 6.32. The van der Waals surface area contributed by atoms with Crippen LogP contribution in [-0.4, -0.2) is 24.5 Å². The van der Waals surface area contributed by atoms with Crippen LogP contribution in [-0.2, 0) is 6.54 Å². The van der Waals surface area contributed by atoms with Crippen molar-refractivity contribution in [3.63, 3.8) is 0 Å². The number of rotatable bonds is 5. The van der Waals surface area contributed by atoms with Gasteiger partial charge in [0.25, 0.3) is 0 Å². The van der Waals surface area contributed by atoms with E-state index in [1.807, 2.05) is 10.6 Å². The topological polar surface area (TPSA) is 82.5 Å². The van der Waals surface area contributed by atoms with Crippen molar-refractivity contribution < 1.29 is 0 Å². The number of fused-ring (bicyclic) bond motifs is 2. The van der Waals surface area contributed by atoms with Crippen molar-refractivity contribution in [2.45, 2.75) is 29.4 Å². The second kappa shape index (κ2) is 7.84. The van der Waals surface area contributed by atoms with Gasteiger partial charge in [-0.25, -0.2) is 15.0 Å². The van der Waals surface area contributed by atoms with E-state index in [4.69, 9.17) is 35.4 Å². The van der Waals surface area contributed by atoms with Crippen LogP contribution in [0.5, 0.6) is 0 Å². The molecule has 0 aliphatic rings. The molecule has 1 aromatic carbocycles. The van der Waals surface area contributed by atoms with E-state index in [0.29, 0.717) is 45.1 Å². The Labute approximate surface area is 175 Å². The van der Waals surface area contributed by atoms with Gasteiger partial charge in [0.05, 0.1) is 10.5 Å². The molecule has 3 aromatic heterocycles. The normalized spacial score (nSPS) is 11.2. The number of unbranched alkanes of at least 4 members (excludes halogenated alkanes) is 1. The summed E-state index contributed by atoms with van der Waals surface area (Å²) in [5.41, 5.74) is 7.98. The molecule has 0 fully saturated rings. The fraction of sp³-hybridized carbons (Fsp3) is 0.158. The molecule has 4 rings (SSSR count). The number of imidazole rings is 1. The van der Waals surface area contributed by atoms with Gasteiger partial charge in [-0.1, -0.05) is 23.2 Å². The molecule has 9 heteroatoms. The molecular formula is C19H14Cl2N6S. The molecule has 4 aromatic rings. The first-order chi connectivity index (χ1) is 13.6. The standard InChI is InChI=1S/C19H14Cl2N6S/c1-2-3-4-7-27-18-16(17(22)24-10-25-18)26-19(27)28-14-9-11(20)8-12-13(21)5-6-23-15(12)14/h1,5-6,8-10H,3-4,7H2,(H2,22,24,25). The first-order valence-electron chi connectivity index (χ1n) is 8.40. The van der Waals surface area contributed by atoms with Crippen molar-refractivity contribution >= 4 is 62.8 Å². The van der Waals surface area contributed by atoms with Crippen molar-refractivity contribution in [2.75, 3.05) is 5.73 Å². The summed E-state index contributed by atoms with van der Waals surface area (Å²) in [7, 11) is 0. The quantitative estimate of drug-likeness (QED) is 0.362. The van der Waals surface area contributed by atoms with Crippen molar-refractivity contribution in [3.05, 3.63) is 40.8 Å². The first kappa shape index (κ1) is 18.8. The maximum absolute atomic E-state index is 6.32. The number of aromatic nitrogens is 5. The van der Waals surface area contributed by atoms with Gasteiger partial charge >= 0.3 is 0 Å². The van der Waals surface area contributed by atoms with Gasteiger partial charge in [0.15, 0.2) is 22.1 Å². The molecule has 140 valence electrons. The molecule has 6 nitrogen and oxygen atoms in total. The molecule has 0 saturated heterocycles. The highest BCUT2D eigenvalue weighted by atomic mass is 35.5. The lowest BCUT2D eigenvalue weighted by Crippen LogP contribution is -2.02. The average Bonchev–Trinajstić information content (AvgIpc) is 3.02. The van der Waals surface area contributed by atoms with E-state index in [9.17, 15) is 0 Å². The van der Waals surface area contributed by atoms with E-state index < -0.39 is 0 Å². The van der Waals surface area contributed by atoms with Crippen LogP contribution in [0.4, 0.5) is 5.82 Å². The molecule has 0 saturated carbocycles. The number of hydrogen-bond acceptors (Lipinski definition) is 6. The van der Waals surface area contributed by atoms with Gasteiger partial charge in [-0.05, 0) is 36.4 Å². The molecule has 0 amide bonds. The summed E-state index contributed by atoms with van der Waals surface area (Å²) in [6.07, 6.45) is 9.94. The van der Waals surface area contributed by atoms with Crippen molar-refractivity contribution in [2.24, 2.45) is 0 Å². The first-order valence-corrected chi connectivity index (χ1v) is 9.97. The predicted octanol–water partition coefficient (Wildman–Crippen LogP) is 4.83. The number of benzene rings is 1. The van der Waals surface area contributed by atoms with E-state index in [2.05, 4.69) is 25.9 Å². The number of pyridine rings is 1. The molecule has 3 heterocycles. The highest BCUT2D eigenvalue weighted by Gasteiger charge is 2.18. The minimum atomic E-state index is 0.333. The Balaban J connectivity index is 1.85. The van der Waals surface area contributed by atoms with Gasteiger partial charge in [0.1, 0.15) is 6.33 Å². The summed E-state index contributed by atoms with van der Waals surface area (Å²) in [4.78, 5) is 18.4. The highest BCUT2D eigenvalue weighted by molar-refractivity contribution is 7.99. The van der Waals surface area contributed by atoms with Crippen molar-refractivity contribution in [1.29, 1.82) is 0 Å². The SMILES string of the molecule is C#CCCCn1c(Sc2cc(Cl)cc3c(Cl)ccnc23)nc2c(N)ncnc21. The Morgan fingerprint density at radius 2 is 2.04 bits per heavy atom. The lowest BCUT2D eigenvalue weighted by Gasteiger charge is -2.10. The largest absolute Gasteiger partial charge is 0.382 e. The van der Waals surface area contributed by atoms with Gasteiger partial charge < -0.3 is 10.3 Å². The highest BCUT2D eigenvalue weighted by Crippen LogP contribution is 2.38. The van der Waals surface area contributed by atoms with Crippen LogP contribution >= 0.6 is 35.0 Å². The van der Waals surface area contributed by atoms with Crippen LogP contribution in [0, 0.1) is 12.3 Å². The summed E-state index contributed by atoms with van der Waals surface area (Å²) in [6, 6.07) is 5.38. The van der Waals surface area contributed by atoms with Gasteiger partial charge in [0, 0.05) is 34.5 Å². The summed E-state index contributed by atoms with van der Waals surface area (Å²) in [5, 5.41) is 2.66. The maximum Gasteiger partial charge on any atom is 0.175 e. The third-order valence-electron chi connectivity index (χ3n) is 4.15. The fourth-order valence-corrected chi connectivity index (χ4v) is 4.44. The number of aryl methyl sites for hydroxylation is 1. The molecular weight excluding hydrogens is 415 g/mol. The van der Waals surface area contributed by atoms with E-state index in [0.717, 1.165) is 22.2 Å². The minimum Gasteiger partial charge on any atom is -0.382 e. The predicted molar refractivity (Wildman–Crippen MR) is 114 cm³/mol. The smallest absolute Gasteiger partial charge is 0.175 e. The Bertz CT molecular complexity index is 1230. The van der Waals surface area contributed by atoms with Crippen LogP contribution in [0.25, 0.3) is 22.1 Å². The lowest BCUT2D eigenvalue weighted by molar-refractivity contribution is 0.615. The van der Waals surface area contributed by atoms with E-state index >= 15 is 0 Å². The Kier molecular flexibility index (Phi) is 5.27. The van der Waals surface area contributed by atoms with Crippen LogP contribution < -0.4 is 5.73 Å². The zero-order chi connectivity index (χ0) is 19.7.